The van der Waals surface area contributed by atoms with Crippen LogP contribution < -0.4 is 15.4 Å². The van der Waals surface area contributed by atoms with Gasteiger partial charge in [0.25, 0.3) is 5.91 Å². The number of nitrogens with one attached hydrogen (secondary N) is 1. The highest BCUT2D eigenvalue weighted by Crippen LogP contribution is 2.33. The van der Waals surface area contributed by atoms with Gasteiger partial charge in [-0.3, -0.25) is 9.59 Å². The molecule has 0 atom stereocenters. The van der Waals surface area contributed by atoms with E-state index < -0.39 is 0 Å². The number of anilines is 2. The summed E-state index contributed by atoms with van der Waals surface area (Å²) in [5.74, 6) is -0.0795. The minimum absolute atomic E-state index is 0.0795. The summed E-state index contributed by atoms with van der Waals surface area (Å²) >= 11 is 0. The lowest BCUT2D eigenvalue weighted by molar-refractivity contribution is 0.0989. The quantitative estimate of drug-likeness (QED) is 0.907. The Morgan fingerprint density at radius 1 is 1.08 bits per heavy atom. The van der Waals surface area contributed by atoms with E-state index in [9.17, 15) is 9.59 Å². The number of amides is 1. The van der Waals surface area contributed by atoms with Gasteiger partial charge in [0.2, 0.25) is 5.56 Å². The maximum Gasteiger partial charge on any atom is 0.259 e. The van der Waals surface area contributed by atoms with Crippen LogP contribution in [-0.4, -0.2) is 43.7 Å². The van der Waals surface area contributed by atoms with Gasteiger partial charge in [0.05, 0.1) is 18.8 Å². The molecule has 0 aliphatic carbocycles. The van der Waals surface area contributed by atoms with Crippen molar-refractivity contribution in [1.29, 1.82) is 0 Å². The predicted octanol–water partition coefficient (Wildman–Crippen LogP) is 1.41. The fourth-order valence-electron chi connectivity index (χ4n) is 3.30. The summed E-state index contributed by atoms with van der Waals surface area (Å²) in [5, 5.41) is 0. The van der Waals surface area contributed by atoms with Gasteiger partial charge in [-0.2, -0.15) is 0 Å². The summed E-state index contributed by atoms with van der Waals surface area (Å²) < 4.78 is 5.41. The number of carbonyl (C=O) groups is 1. The minimum Gasteiger partial charge on any atom is -0.378 e. The van der Waals surface area contributed by atoms with Crippen LogP contribution in [0.5, 0.6) is 0 Å². The van der Waals surface area contributed by atoms with Gasteiger partial charge in [-0.05, 0) is 30.2 Å². The van der Waals surface area contributed by atoms with Crippen molar-refractivity contribution in [2.45, 2.75) is 6.42 Å². The second-order valence-corrected chi connectivity index (χ2v) is 6.06. The number of aromatic nitrogens is 1. The minimum atomic E-state index is -0.206. The molecule has 1 aromatic heterocycles. The van der Waals surface area contributed by atoms with Crippen molar-refractivity contribution in [1.82, 2.24) is 4.98 Å². The van der Waals surface area contributed by atoms with Crippen molar-refractivity contribution in [2.75, 3.05) is 42.6 Å². The molecule has 0 unspecified atom stereocenters. The van der Waals surface area contributed by atoms with Gasteiger partial charge < -0.3 is 19.5 Å². The highest BCUT2D eigenvalue weighted by molar-refractivity contribution is 6.07. The molecular formula is C18H19N3O3. The first kappa shape index (κ1) is 15.0. The van der Waals surface area contributed by atoms with Crippen molar-refractivity contribution in [3.05, 3.63) is 58.0 Å². The van der Waals surface area contributed by atoms with Gasteiger partial charge in [-0.1, -0.05) is 6.07 Å². The molecule has 2 aliphatic rings. The average molecular weight is 325 g/mol. The van der Waals surface area contributed by atoms with Crippen LogP contribution in [0, 0.1) is 0 Å². The molecular weight excluding hydrogens is 306 g/mol. The molecule has 24 heavy (non-hydrogen) atoms. The molecule has 0 spiro atoms. The zero-order valence-electron chi connectivity index (χ0n) is 13.3. The highest BCUT2D eigenvalue weighted by Gasteiger charge is 2.26. The van der Waals surface area contributed by atoms with Crippen molar-refractivity contribution < 1.29 is 9.53 Å². The van der Waals surface area contributed by atoms with E-state index in [0.717, 1.165) is 44.1 Å². The summed E-state index contributed by atoms with van der Waals surface area (Å²) in [7, 11) is 0. The van der Waals surface area contributed by atoms with E-state index in [4.69, 9.17) is 4.74 Å². The van der Waals surface area contributed by atoms with Crippen molar-refractivity contribution in [3.63, 3.8) is 0 Å². The number of hydrogen-bond acceptors (Lipinski definition) is 4. The van der Waals surface area contributed by atoms with Crippen LogP contribution in [0.15, 0.2) is 41.3 Å². The van der Waals surface area contributed by atoms with Crippen molar-refractivity contribution >= 4 is 17.3 Å². The molecule has 6 nitrogen and oxygen atoms in total. The molecule has 3 heterocycles. The van der Waals surface area contributed by atoms with Crippen LogP contribution >= 0.6 is 0 Å². The normalized spacial score (nSPS) is 17.0. The lowest BCUT2D eigenvalue weighted by Crippen LogP contribution is -2.36. The number of morpholine rings is 1. The monoisotopic (exact) mass is 325 g/mol. The Bertz CT molecular complexity index is 804. The van der Waals surface area contributed by atoms with E-state index >= 15 is 0 Å². The smallest absolute Gasteiger partial charge is 0.259 e. The molecule has 0 saturated carbocycles. The van der Waals surface area contributed by atoms with Gasteiger partial charge in [0.1, 0.15) is 0 Å². The van der Waals surface area contributed by atoms with Crippen LogP contribution in [-0.2, 0) is 11.2 Å². The summed E-state index contributed by atoms with van der Waals surface area (Å²) in [6.07, 6.45) is 2.34. The number of carbonyl (C=O) groups excluding carboxylic acids is 1. The van der Waals surface area contributed by atoms with E-state index in [1.807, 2.05) is 0 Å². The predicted molar refractivity (Wildman–Crippen MR) is 91.9 cm³/mol. The Hall–Kier alpha value is -2.60. The first-order chi connectivity index (χ1) is 11.7. The molecule has 6 heteroatoms. The molecule has 1 aromatic carbocycles. The molecule has 0 bridgehead atoms. The van der Waals surface area contributed by atoms with Crippen LogP contribution in [0.4, 0.5) is 11.4 Å². The summed E-state index contributed by atoms with van der Waals surface area (Å²) in [4.78, 5) is 30.6. The molecule has 2 aliphatic heterocycles. The maximum atomic E-state index is 12.8. The van der Waals surface area contributed by atoms with Gasteiger partial charge >= 0.3 is 0 Å². The first-order valence-corrected chi connectivity index (χ1v) is 8.18. The molecule has 1 amide bonds. The second kappa shape index (κ2) is 6.13. The number of rotatable bonds is 2. The van der Waals surface area contributed by atoms with E-state index in [1.165, 1.54) is 17.8 Å². The number of fused-ring (bicyclic) bond motifs is 1. The number of hydrogen-bond donors (Lipinski definition) is 1. The molecule has 1 fully saturated rings. The van der Waals surface area contributed by atoms with Gasteiger partial charge in [0, 0.05) is 43.3 Å². The zero-order chi connectivity index (χ0) is 16.5. The molecule has 2 aromatic rings. The summed E-state index contributed by atoms with van der Waals surface area (Å²) in [6.45, 7) is 3.87. The Morgan fingerprint density at radius 3 is 2.67 bits per heavy atom. The average Bonchev–Trinajstić information content (AvgIpc) is 3.05. The van der Waals surface area contributed by atoms with E-state index in [1.54, 1.807) is 11.0 Å². The summed E-state index contributed by atoms with van der Waals surface area (Å²) in [5.41, 5.74) is 3.57. The van der Waals surface area contributed by atoms with E-state index in [0.29, 0.717) is 12.1 Å². The molecule has 4 rings (SSSR count). The zero-order valence-corrected chi connectivity index (χ0v) is 13.3. The van der Waals surface area contributed by atoms with Crippen molar-refractivity contribution in [3.8, 4) is 0 Å². The lowest BCUT2D eigenvalue weighted by atomic mass is 10.1. The van der Waals surface area contributed by atoms with Gasteiger partial charge in [-0.15, -0.1) is 0 Å². The Morgan fingerprint density at radius 2 is 1.92 bits per heavy atom. The fraction of sp³-hybridized carbons (Fsp3) is 0.333. The number of nitrogens with zero attached hydrogens (tertiary/aromatic N) is 2. The Labute approximate surface area is 139 Å². The van der Waals surface area contributed by atoms with Gasteiger partial charge in [-0.25, -0.2) is 0 Å². The topological polar surface area (TPSA) is 65.6 Å². The van der Waals surface area contributed by atoms with E-state index in [2.05, 4.69) is 28.1 Å². The fourth-order valence-corrected chi connectivity index (χ4v) is 3.30. The van der Waals surface area contributed by atoms with Crippen molar-refractivity contribution in [2.24, 2.45) is 0 Å². The first-order valence-electron chi connectivity index (χ1n) is 8.18. The third kappa shape index (κ3) is 2.69. The molecule has 0 radical (unpaired) electrons. The van der Waals surface area contributed by atoms with Crippen LogP contribution in [0.3, 0.4) is 0 Å². The number of pyridine rings is 1. The molecule has 124 valence electrons. The number of aromatic amines is 1. The summed E-state index contributed by atoms with van der Waals surface area (Å²) in [6, 6.07) is 9.29. The number of ether oxygens (including phenoxy) is 1. The third-order valence-electron chi connectivity index (χ3n) is 4.62. The standard InChI is InChI=1S/C18H19N3O3/c22-17-4-2-14(12-19-17)18(23)21-6-5-13-1-3-15(11-16(13)21)20-7-9-24-10-8-20/h1-4,11-12H,5-10H2,(H,19,22). The largest absolute Gasteiger partial charge is 0.378 e. The number of benzene rings is 1. The maximum absolute atomic E-state index is 12.8. The van der Waals surface area contributed by atoms with Crippen LogP contribution in [0.1, 0.15) is 15.9 Å². The van der Waals surface area contributed by atoms with E-state index in [-0.39, 0.29) is 11.5 Å². The molecule has 1 saturated heterocycles. The van der Waals surface area contributed by atoms with Crippen LogP contribution in [0.25, 0.3) is 0 Å². The Balaban J connectivity index is 1.63. The highest BCUT2D eigenvalue weighted by atomic mass is 16.5. The third-order valence-corrected chi connectivity index (χ3v) is 4.62. The number of H-pyrrole nitrogens is 1. The second-order valence-electron chi connectivity index (χ2n) is 6.06. The SMILES string of the molecule is O=C(c1ccc(=O)[nH]c1)N1CCc2ccc(N3CCOCC3)cc21. The van der Waals surface area contributed by atoms with Gasteiger partial charge in [0.15, 0.2) is 0 Å². The Kier molecular flexibility index (Phi) is 3.82. The lowest BCUT2D eigenvalue weighted by Gasteiger charge is -2.29. The van der Waals surface area contributed by atoms with Crippen LogP contribution in [0.2, 0.25) is 0 Å². The molecule has 1 N–H and O–H groups in total.